The predicted octanol–water partition coefficient (Wildman–Crippen LogP) is 3.94. The highest BCUT2D eigenvalue weighted by Gasteiger charge is 2.20. The van der Waals surface area contributed by atoms with Gasteiger partial charge in [-0.1, -0.05) is 38.0 Å². The normalized spacial score (nSPS) is 20.1. The minimum absolute atomic E-state index is 0.567. The molecule has 0 spiro atoms. The van der Waals surface area contributed by atoms with Crippen molar-refractivity contribution in [1.82, 2.24) is 0 Å². The molecule has 0 aliphatic carbocycles. The van der Waals surface area contributed by atoms with Gasteiger partial charge in [0.25, 0.3) is 0 Å². The van der Waals surface area contributed by atoms with Crippen LogP contribution < -0.4 is 4.90 Å². The molecule has 0 bridgehead atoms. The molecule has 0 radical (unpaired) electrons. The zero-order valence-electron chi connectivity index (χ0n) is 12.1. The second-order valence-electron chi connectivity index (χ2n) is 5.34. The molecule has 3 heteroatoms. The molecule has 1 aliphatic rings. The van der Waals surface area contributed by atoms with Crippen LogP contribution in [0, 0.1) is 0 Å². The zero-order valence-corrected chi connectivity index (χ0v) is 12.1. The molecule has 108 valence electrons. The largest absolute Gasteiger partial charge is 0.478 e. The van der Waals surface area contributed by atoms with Crippen LogP contribution in [-0.4, -0.2) is 23.7 Å². The fraction of sp³-hybridized carbons (Fsp3) is 0.471. The summed E-state index contributed by atoms with van der Waals surface area (Å²) in [6.07, 6.45) is 9.09. The second-order valence-corrected chi connectivity index (χ2v) is 5.34. The van der Waals surface area contributed by atoms with Crippen LogP contribution >= 0.6 is 0 Å². The topological polar surface area (TPSA) is 40.5 Å². The highest BCUT2D eigenvalue weighted by atomic mass is 16.4. The molecule has 3 nitrogen and oxygen atoms in total. The Bertz CT molecular complexity index is 482. The van der Waals surface area contributed by atoms with Crippen molar-refractivity contribution in [2.45, 2.75) is 45.1 Å². The minimum Gasteiger partial charge on any atom is -0.478 e. The van der Waals surface area contributed by atoms with Crippen molar-refractivity contribution in [3.63, 3.8) is 0 Å². The van der Waals surface area contributed by atoms with Crippen molar-refractivity contribution in [3.05, 3.63) is 35.9 Å². The first-order chi connectivity index (χ1) is 9.72. The third-order valence-corrected chi connectivity index (χ3v) is 4.00. The van der Waals surface area contributed by atoms with Crippen LogP contribution in [0.5, 0.6) is 0 Å². The minimum atomic E-state index is -0.900. The van der Waals surface area contributed by atoms with Crippen molar-refractivity contribution < 1.29 is 9.90 Å². The van der Waals surface area contributed by atoms with Gasteiger partial charge in [-0.15, -0.1) is 0 Å². The van der Waals surface area contributed by atoms with E-state index in [2.05, 4.69) is 17.9 Å². The monoisotopic (exact) mass is 273 g/mol. The van der Waals surface area contributed by atoms with E-state index in [-0.39, 0.29) is 0 Å². The van der Waals surface area contributed by atoms with Crippen LogP contribution in [0.15, 0.2) is 30.3 Å². The third-order valence-electron chi connectivity index (χ3n) is 4.00. The summed E-state index contributed by atoms with van der Waals surface area (Å²) in [7, 11) is 0. The van der Waals surface area contributed by atoms with E-state index >= 15 is 0 Å². The van der Waals surface area contributed by atoms with Gasteiger partial charge >= 0.3 is 5.97 Å². The average molecular weight is 273 g/mol. The van der Waals surface area contributed by atoms with E-state index in [9.17, 15) is 4.79 Å². The zero-order chi connectivity index (χ0) is 14.4. The molecule has 1 fully saturated rings. The summed E-state index contributed by atoms with van der Waals surface area (Å²) in [6, 6.07) is 8.66. The van der Waals surface area contributed by atoms with Gasteiger partial charge in [-0.3, -0.25) is 0 Å². The lowest BCUT2D eigenvalue weighted by molar-refractivity contribution is -0.131. The van der Waals surface area contributed by atoms with Crippen molar-refractivity contribution in [3.8, 4) is 0 Å². The van der Waals surface area contributed by atoms with E-state index in [1.807, 2.05) is 18.2 Å². The van der Waals surface area contributed by atoms with E-state index in [4.69, 9.17) is 5.11 Å². The molecule has 0 saturated carbocycles. The van der Waals surface area contributed by atoms with E-state index in [0.29, 0.717) is 6.04 Å². The quantitative estimate of drug-likeness (QED) is 0.845. The molecule has 1 aromatic carbocycles. The summed E-state index contributed by atoms with van der Waals surface area (Å²) in [5, 5.41) is 8.82. The maximum atomic E-state index is 10.7. The van der Waals surface area contributed by atoms with Crippen LogP contribution in [0.25, 0.3) is 6.08 Å². The Morgan fingerprint density at radius 1 is 1.35 bits per heavy atom. The highest BCUT2D eigenvalue weighted by Crippen LogP contribution is 2.29. The first-order valence-corrected chi connectivity index (χ1v) is 7.49. The lowest BCUT2D eigenvalue weighted by Crippen LogP contribution is -2.34. The van der Waals surface area contributed by atoms with E-state index in [1.165, 1.54) is 37.4 Å². The van der Waals surface area contributed by atoms with Crippen molar-refractivity contribution in [2.75, 3.05) is 11.4 Å². The summed E-state index contributed by atoms with van der Waals surface area (Å²) in [4.78, 5) is 13.2. The molecule has 1 aromatic rings. The maximum Gasteiger partial charge on any atom is 0.328 e. The Morgan fingerprint density at radius 3 is 2.90 bits per heavy atom. The summed E-state index contributed by atoms with van der Waals surface area (Å²) in [5.74, 6) is -0.900. The van der Waals surface area contributed by atoms with Crippen LogP contribution in [0.4, 0.5) is 5.69 Å². The Hall–Kier alpha value is -1.77. The summed E-state index contributed by atoms with van der Waals surface area (Å²) in [6.45, 7) is 3.30. The van der Waals surface area contributed by atoms with Crippen LogP contribution in [0.2, 0.25) is 0 Å². The van der Waals surface area contributed by atoms with Crippen molar-refractivity contribution in [1.29, 1.82) is 0 Å². The van der Waals surface area contributed by atoms with Gasteiger partial charge in [0.1, 0.15) is 0 Å². The first-order valence-electron chi connectivity index (χ1n) is 7.49. The van der Waals surface area contributed by atoms with E-state index < -0.39 is 5.97 Å². The van der Waals surface area contributed by atoms with Gasteiger partial charge in [0.05, 0.1) is 0 Å². The average Bonchev–Trinajstić information content (AvgIpc) is 2.70. The number of carboxylic acids is 1. The number of benzene rings is 1. The standard InChI is InChI=1S/C17H23NO2/c1-2-15-9-4-3-7-13-18(15)16-10-6-5-8-14(16)11-12-17(19)20/h5-6,8,10-12,15H,2-4,7,9,13H2,1H3,(H,19,20)/b12-11+. The van der Waals surface area contributed by atoms with Crippen LogP contribution in [0.1, 0.15) is 44.6 Å². The van der Waals surface area contributed by atoms with E-state index in [0.717, 1.165) is 18.5 Å². The van der Waals surface area contributed by atoms with Crippen molar-refractivity contribution in [2.24, 2.45) is 0 Å². The van der Waals surface area contributed by atoms with Crippen molar-refractivity contribution >= 4 is 17.7 Å². The molecular formula is C17H23NO2. The predicted molar refractivity (Wildman–Crippen MR) is 83.0 cm³/mol. The second kappa shape index (κ2) is 7.13. The number of carboxylic acid groups (broad SMARTS) is 1. The Labute approximate surface area is 120 Å². The molecule has 1 saturated heterocycles. The van der Waals surface area contributed by atoms with Gasteiger partial charge in [0.15, 0.2) is 0 Å². The number of carbonyl (C=O) groups is 1. The molecule has 1 unspecified atom stereocenters. The number of hydrogen-bond donors (Lipinski definition) is 1. The summed E-state index contributed by atoms with van der Waals surface area (Å²) in [5.41, 5.74) is 2.16. The Kier molecular flexibility index (Phi) is 5.22. The summed E-state index contributed by atoms with van der Waals surface area (Å²) < 4.78 is 0. The highest BCUT2D eigenvalue weighted by molar-refractivity contribution is 5.87. The number of nitrogens with zero attached hydrogens (tertiary/aromatic N) is 1. The van der Waals surface area contributed by atoms with Gasteiger partial charge in [-0.25, -0.2) is 4.79 Å². The molecular weight excluding hydrogens is 250 g/mol. The van der Waals surface area contributed by atoms with Gasteiger partial charge in [-0.2, -0.15) is 0 Å². The molecule has 2 rings (SSSR count). The van der Waals surface area contributed by atoms with Crippen LogP contribution in [-0.2, 0) is 4.79 Å². The Morgan fingerprint density at radius 2 is 2.15 bits per heavy atom. The molecule has 1 N–H and O–H groups in total. The SMILES string of the molecule is CCC1CCCCCN1c1ccccc1/C=C/C(=O)O. The number of anilines is 1. The number of aliphatic carboxylic acids is 1. The molecule has 0 aromatic heterocycles. The fourth-order valence-corrected chi connectivity index (χ4v) is 2.97. The lowest BCUT2D eigenvalue weighted by Gasteiger charge is -2.32. The lowest BCUT2D eigenvalue weighted by atomic mass is 10.0. The number of para-hydroxylation sites is 1. The fourth-order valence-electron chi connectivity index (χ4n) is 2.97. The van der Waals surface area contributed by atoms with Crippen LogP contribution in [0.3, 0.4) is 0 Å². The van der Waals surface area contributed by atoms with Gasteiger partial charge in [0.2, 0.25) is 0 Å². The molecule has 1 heterocycles. The maximum absolute atomic E-state index is 10.7. The first kappa shape index (κ1) is 14.6. The molecule has 1 aliphatic heterocycles. The molecule has 0 amide bonds. The third kappa shape index (κ3) is 3.62. The Balaban J connectivity index is 2.31. The van der Waals surface area contributed by atoms with Gasteiger partial charge in [-0.05, 0) is 37.0 Å². The molecule has 1 atom stereocenters. The van der Waals surface area contributed by atoms with Gasteiger partial charge < -0.3 is 10.0 Å². The number of hydrogen-bond acceptors (Lipinski definition) is 2. The summed E-state index contributed by atoms with van der Waals surface area (Å²) >= 11 is 0. The number of rotatable bonds is 4. The smallest absolute Gasteiger partial charge is 0.328 e. The molecule has 20 heavy (non-hydrogen) atoms. The van der Waals surface area contributed by atoms with Gasteiger partial charge in [0, 0.05) is 24.4 Å². The van der Waals surface area contributed by atoms with E-state index in [1.54, 1.807) is 6.08 Å².